The first kappa shape index (κ1) is 18.2. The lowest BCUT2D eigenvalue weighted by molar-refractivity contribution is 0.101. The molecule has 0 aliphatic rings. The summed E-state index contributed by atoms with van der Waals surface area (Å²) in [7, 11) is 0. The van der Waals surface area contributed by atoms with Crippen LogP contribution >= 0.6 is 22.7 Å². The highest BCUT2D eigenvalue weighted by Gasteiger charge is 2.12. The van der Waals surface area contributed by atoms with Gasteiger partial charge in [0.25, 0.3) is 11.8 Å². The first-order valence-electron chi connectivity index (χ1n) is 8.24. The van der Waals surface area contributed by atoms with Gasteiger partial charge in [-0.2, -0.15) is 0 Å². The van der Waals surface area contributed by atoms with E-state index < -0.39 is 0 Å². The third-order valence-corrected chi connectivity index (χ3v) is 5.33. The Balaban J connectivity index is 1.64. The molecule has 0 atom stereocenters. The molecule has 0 aliphatic carbocycles. The third-order valence-electron chi connectivity index (χ3n) is 3.56. The summed E-state index contributed by atoms with van der Waals surface area (Å²) < 4.78 is 0. The van der Waals surface area contributed by atoms with Crippen LogP contribution in [0.4, 0.5) is 10.8 Å². The minimum absolute atomic E-state index is 0.192. The molecule has 6 nitrogen and oxygen atoms in total. The monoisotopic (exact) mass is 386 g/mol. The number of carbonyl (C=O) groups is 2. The number of amides is 2. The number of thiophene rings is 1. The second-order valence-electron chi connectivity index (χ2n) is 5.57. The number of aromatic nitrogens is 2. The van der Waals surface area contributed by atoms with E-state index in [1.807, 2.05) is 11.4 Å². The van der Waals surface area contributed by atoms with E-state index in [1.165, 1.54) is 22.7 Å². The lowest BCUT2D eigenvalue weighted by atomic mass is 10.2. The predicted octanol–water partition coefficient (Wildman–Crippen LogP) is 4.45. The molecule has 2 heterocycles. The van der Waals surface area contributed by atoms with Crippen molar-refractivity contribution < 1.29 is 9.59 Å². The summed E-state index contributed by atoms with van der Waals surface area (Å²) in [5.41, 5.74) is 1.01. The third kappa shape index (κ3) is 4.74. The molecule has 2 aromatic heterocycles. The Hall–Kier alpha value is -2.58. The maximum Gasteiger partial charge on any atom is 0.265 e. The second kappa shape index (κ2) is 8.68. The summed E-state index contributed by atoms with van der Waals surface area (Å²) in [5, 5.41) is 16.9. The van der Waals surface area contributed by atoms with Gasteiger partial charge in [0.2, 0.25) is 5.13 Å². The number of anilines is 2. The van der Waals surface area contributed by atoms with Crippen LogP contribution in [-0.4, -0.2) is 22.0 Å². The van der Waals surface area contributed by atoms with E-state index in [1.54, 1.807) is 30.3 Å². The number of aryl methyl sites for hydroxylation is 1. The lowest BCUT2D eigenvalue weighted by Gasteiger charge is -2.06. The molecule has 134 valence electrons. The standard InChI is InChI=1S/C18H18N4O2S2/c1-2-3-9-15-21-22-18(26-15)20-16(23)12-6-4-7-13(11-12)19-17(24)14-8-5-10-25-14/h4-8,10-11H,2-3,9H2,1H3,(H,19,24)(H,20,22,23). The maximum atomic E-state index is 12.4. The highest BCUT2D eigenvalue weighted by molar-refractivity contribution is 7.15. The summed E-state index contributed by atoms with van der Waals surface area (Å²) >= 11 is 2.75. The zero-order valence-electron chi connectivity index (χ0n) is 14.2. The van der Waals surface area contributed by atoms with Crippen LogP contribution < -0.4 is 10.6 Å². The Labute approximate surface area is 159 Å². The molecule has 0 radical (unpaired) electrons. The van der Waals surface area contributed by atoms with E-state index in [2.05, 4.69) is 27.8 Å². The Kier molecular flexibility index (Phi) is 6.08. The number of benzene rings is 1. The Morgan fingerprint density at radius 3 is 2.73 bits per heavy atom. The van der Waals surface area contributed by atoms with Gasteiger partial charge < -0.3 is 5.32 Å². The van der Waals surface area contributed by atoms with Crippen molar-refractivity contribution in [3.63, 3.8) is 0 Å². The minimum Gasteiger partial charge on any atom is -0.321 e. The minimum atomic E-state index is -0.282. The number of unbranched alkanes of at least 4 members (excludes halogenated alkanes) is 1. The van der Waals surface area contributed by atoms with Crippen molar-refractivity contribution in [1.82, 2.24) is 10.2 Å². The Bertz CT molecular complexity index is 890. The van der Waals surface area contributed by atoms with Crippen LogP contribution in [-0.2, 0) is 6.42 Å². The molecule has 0 bridgehead atoms. The van der Waals surface area contributed by atoms with Gasteiger partial charge in [-0.25, -0.2) is 0 Å². The number of hydrogen-bond donors (Lipinski definition) is 2. The van der Waals surface area contributed by atoms with Crippen LogP contribution in [0.15, 0.2) is 41.8 Å². The van der Waals surface area contributed by atoms with Crippen LogP contribution in [0.2, 0.25) is 0 Å². The highest BCUT2D eigenvalue weighted by Crippen LogP contribution is 2.19. The van der Waals surface area contributed by atoms with Crippen LogP contribution in [0, 0.1) is 0 Å². The predicted molar refractivity (Wildman–Crippen MR) is 105 cm³/mol. The van der Waals surface area contributed by atoms with Crippen molar-refractivity contribution in [3.05, 3.63) is 57.2 Å². The molecule has 0 saturated carbocycles. The molecule has 3 aromatic rings. The molecule has 8 heteroatoms. The fourth-order valence-corrected chi connectivity index (χ4v) is 3.64. The molecule has 0 unspecified atom stereocenters. The molecule has 2 amide bonds. The Morgan fingerprint density at radius 2 is 1.96 bits per heavy atom. The van der Waals surface area contributed by atoms with Crippen molar-refractivity contribution in [1.29, 1.82) is 0 Å². The SMILES string of the molecule is CCCCc1nnc(NC(=O)c2cccc(NC(=O)c3cccs3)c2)s1. The van der Waals surface area contributed by atoms with Crippen LogP contribution in [0.25, 0.3) is 0 Å². The van der Waals surface area contributed by atoms with Gasteiger partial charge in [0.1, 0.15) is 5.01 Å². The average molecular weight is 387 g/mol. The van der Waals surface area contributed by atoms with Gasteiger partial charge in [-0.05, 0) is 36.1 Å². The number of nitrogens with one attached hydrogen (secondary N) is 2. The summed E-state index contributed by atoms with van der Waals surface area (Å²) in [4.78, 5) is 25.2. The van der Waals surface area contributed by atoms with Crippen molar-refractivity contribution in [2.24, 2.45) is 0 Å². The van der Waals surface area contributed by atoms with Crippen molar-refractivity contribution in [2.75, 3.05) is 10.6 Å². The zero-order chi connectivity index (χ0) is 18.4. The number of carbonyl (C=O) groups excluding carboxylic acids is 2. The smallest absolute Gasteiger partial charge is 0.265 e. The van der Waals surface area contributed by atoms with Gasteiger partial charge in [0.15, 0.2) is 0 Å². The van der Waals surface area contributed by atoms with E-state index in [-0.39, 0.29) is 11.8 Å². The molecular formula is C18H18N4O2S2. The van der Waals surface area contributed by atoms with Crippen LogP contribution in [0.3, 0.4) is 0 Å². The van der Waals surface area contributed by atoms with Crippen LogP contribution in [0.5, 0.6) is 0 Å². The normalized spacial score (nSPS) is 10.5. The van der Waals surface area contributed by atoms with E-state index in [9.17, 15) is 9.59 Å². The second-order valence-corrected chi connectivity index (χ2v) is 7.58. The molecule has 26 heavy (non-hydrogen) atoms. The van der Waals surface area contributed by atoms with E-state index in [4.69, 9.17) is 0 Å². The van der Waals surface area contributed by atoms with E-state index in [0.717, 1.165) is 24.3 Å². The maximum absolute atomic E-state index is 12.4. The van der Waals surface area contributed by atoms with Gasteiger partial charge in [-0.3, -0.25) is 14.9 Å². The Morgan fingerprint density at radius 1 is 1.08 bits per heavy atom. The topological polar surface area (TPSA) is 84.0 Å². The van der Waals surface area contributed by atoms with Gasteiger partial charge in [0, 0.05) is 17.7 Å². The fraction of sp³-hybridized carbons (Fsp3) is 0.222. The average Bonchev–Trinajstić information content (AvgIpc) is 3.32. The summed E-state index contributed by atoms with van der Waals surface area (Å²) in [5.74, 6) is -0.474. The number of hydrogen-bond acceptors (Lipinski definition) is 6. The highest BCUT2D eigenvalue weighted by atomic mass is 32.1. The van der Waals surface area contributed by atoms with Crippen molar-refractivity contribution in [3.8, 4) is 0 Å². The molecule has 2 N–H and O–H groups in total. The van der Waals surface area contributed by atoms with E-state index >= 15 is 0 Å². The molecular weight excluding hydrogens is 368 g/mol. The summed E-state index contributed by atoms with van der Waals surface area (Å²) in [6.07, 6.45) is 3.01. The van der Waals surface area contributed by atoms with Crippen molar-refractivity contribution >= 4 is 45.3 Å². The molecule has 0 aliphatic heterocycles. The first-order valence-corrected chi connectivity index (χ1v) is 9.94. The summed E-state index contributed by atoms with van der Waals surface area (Å²) in [6.45, 7) is 2.12. The molecule has 0 spiro atoms. The number of rotatable bonds is 7. The van der Waals surface area contributed by atoms with Gasteiger partial charge in [-0.1, -0.05) is 36.8 Å². The number of nitrogens with zero attached hydrogens (tertiary/aromatic N) is 2. The van der Waals surface area contributed by atoms with Crippen molar-refractivity contribution in [2.45, 2.75) is 26.2 Å². The molecule has 0 fully saturated rings. The lowest BCUT2D eigenvalue weighted by Crippen LogP contribution is -2.14. The fourth-order valence-electron chi connectivity index (χ4n) is 2.24. The van der Waals surface area contributed by atoms with Gasteiger partial charge in [0.05, 0.1) is 4.88 Å². The molecule has 0 saturated heterocycles. The zero-order valence-corrected chi connectivity index (χ0v) is 15.8. The molecule has 3 rings (SSSR count). The quantitative estimate of drug-likeness (QED) is 0.628. The van der Waals surface area contributed by atoms with Gasteiger partial charge >= 0.3 is 0 Å². The first-order chi connectivity index (χ1) is 12.7. The van der Waals surface area contributed by atoms with Crippen LogP contribution in [0.1, 0.15) is 44.8 Å². The molecule has 1 aromatic carbocycles. The largest absolute Gasteiger partial charge is 0.321 e. The van der Waals surface area contributed by atoms with E-state index in [0.29, 0.717) is 21.3 Å². The summed E-state index contributed by atoms with van der Waals surface area (Å²) in [6, 6.07) is 10.4. The van der Waals surface area contributed by atoms with Gasteiger partial charge in [-0.15, -0.1) is 21.5 Å².